The molecule has 0 spiro atoms. The van der Waals surface area contributed by atoms with E-state index < -0.39 is 0 Å². The van der Waals surface area contributed by atoms with E-state index in [1.54, 1.807) is 13.1 Å². The minimum atomic E-state index is -0.0251. The van der Waals surface area contributed by atoms with Crippen LogP contribution in [0, 0.1) is 0 Å². The fourth-order valence-corrected chi connectivity index (χ4v) is 3.47. The first-order valence-electron chi connectivity index (χ1n) is 7.84. The van der Waals surface area contributed by atoms with Gasteiger partial charge >= 0.3 is 0 Å². The van der Waals surface area contributed by atoms with Crippen molar-refractivity contribution in [1.82, 2.24) is 14.7 Å². The Bertz CT molecular complexity index is 781. The van der Waals surface area contributed by atoms with Gasteiger partial charge in [0.05, 0.1) is 5.69 Å². The van der Waals surface area contributed by atoms with E-state index in [0.717, 1.165) is 50.3 Å². The lowest BCUT2D eigenvalue weighted by molar-refractivity contribution is 0.241. The van der Waals surface area contributed by atoms with Crippen LogP contribution in [0.4, 0.5) is 5.69 Å². The number of hydrogen-bond acceptors (Lipinski definition) is 4. The lowest BCUT2D eigenvalue weighted by Crippen LogP contribution is -2.34. The third-order valence-corrected chi connectivity index (χ3v) is 4.64. The van der Waals surface area contributed by atoms with Crippen LogP contribution in [0.15, 0.2) is 29.1 Å². The first-order valence-corrected chi connectivity index (χ1v) is 7.84. The number of hydrogen-bond donors (Lipinski definition) is 1. The quantitative estimate of drug-likeness (QED) is 0.908. The average molecular weight is 296 g/mol. The van der Waals surface area contributed by atoms with Crippen molar-refractivity contribution in [2.45, 2.75) is 25.9 Å². The van der Waals surface area contributed by atoms with Crippen molar-refractivity contribution in [3.63, 3.8) is 0 Å². The van der Waals surface area contributed by atoms with Crippen LogP contribution in [0.25, 0.3) is 0 Å². The van der Waals surface area contributed by atoms with Crippen molar-refractivity contribution in [2.75, 3.05) is 18.4 Å². The Kier molecular flexibility index (Phi) is 3.22. The van der Waals surface area contributed by atoms with Crippen molar-refractivity contribution >= 4 is 5.69 Å². The summed E-state index contributed by atoms with van der Waals surface area (Å²) >= 11 is 0. The molecule has 5 heteroatoms. The zero-order chi connectivity index (χ0) is 15.1. The number of benzene rings is 1. The molecule has 22 heavy (non-hydrogen) atoms. The summed E-state index contributed by atoms with van der Waals surface area (Å²) in [5.74, 6) is 0. The highest BCUT2D eigenvalue weighted by Gasteiger charge is 2.21. The highest BCUT2D eigenvalue weighted by Crippen LogP contribution is 2.28. The molecule has 0 atom stereocenters. The molecule has 0 fully saturated rings. The van der Waals surface area contributed by atoms with Gasteiger partial charge in [0, 0.05) is 51.4 Å². The van der Waals surface area contributed by atoms with Crippen LogP contribution in [-0.2, 0) is 33.0 Å². The van der Waals surface area contributed by atoms with Gasteiger partial charge < -0.3 is 5.32 Å². The molecule has 0 bridgehead atoms. The molecule has 2 aliphatic heterocycles. The maximum Gasteiger partial charge on any atom is 0.266 e. The summed E-state index contributed by atoms with van der Waals surface area (Å²) in [7, 11) is 1.72. The molecule has 0 amide bonds. The van der Waals surface area contributed by atoms with Crippen molar-refractivity contribution < 1.29 is 0 Å². The van der Waals surface area contributed by atoms with Crippen molar-refractivity contribution in [1.29, 1.82) is 0 Å². The van der Waals surface area contributed by atoms with Crippen molar-refractivity contribution in [3.8, 4) is 0 Å². The van der Waals surface area contributed by atoms with Gasteiger partial charge in [0.25, 0.3) is 5.56 Å². The van der Waals surface area contributed by atoms with E-state index in [1.165, 1.54) is 21.5 Å². The summed E-state index contributed by atoms with van der Waals surface area (Å²) in [5, 5.41) is 7.88. The SMILES string of the molecule is Cn1nc2c(cc1=O)CN(Cc1cccc3c1NCC3)CC2. The molecular weight excluding hydrogens is 276 g/mol. The van der Waals surface area contributed by atoms with Gasteiger partial charge in [-0.25, -0.2) is 4.68 Å². The van der Waals surface area contributed by atoms with E-state index in [9.17, 15) is 4.79 Å². The van der Waals surface area contributed by atoms with Gasteiger partial charge in [-0.3, -0.25) is 9.69 Å². The fourth-order valence-electron chi connectivity index (χ4n) is 3.47. The molecule has 5 nitrogen and oxygen atoms in total. The molecule has 0 radical (unpaired) electrons. The third kappa shape index (κ3) is 2.31. The molecule has 1 aromatic heterocycles. The Morgan fingerprint density at radius 1 is 1.27 bits per heavy atom. The average Bonchev–Trinajstić information content (AvgIpc) is 2.98. The molecule has 3 heterocycles. The number of nitrogens with zero attached hydrogens (tertiary/aromatic N) is 3. The summed E-state index contributed by atoms with van der Waals surface area (Å²) in [6.07, 6.45) is 2.03. The van der Waals surface area contributed by atoms with Gasteiger partial charge in [0.1, 0.15) is 0 Å². The Balaban J connectivity index is 1.57. The van der Waals surface area contributed by atoms with Gasteiger partial charge in [-0.05, 0) is 23.1 Å². The van der Waals surface area contributed by atoms with Gasteiger partial charge in [0.15, 0.2) is 0 Å². The predicted molar refractivity (Wildman–Crippen MR) is 85.9 cm³/mol. The molecule has 0 saturated heterocycles. The standard InChI is InChI=1S/C17H20N4O/c1-20-16(22)9-14-11-21(8-6-15(14)19-20)10-13-4-2-3-12-5-7-18-17(12)13/h2-4,9,18H,5-8,10-11H2,1H3. The number of aromatic nitrogens is 2. The van der Waals surface area contributed by atoms with E-state index >= 15 is 0 Å². The van der Waals surface area contributed by atoms with Crippen LogP contribution in [0.1, 0.15) is 22.4 Å². The molecule has 2 aromatic rings. The molecule has 0 aliphatic carbocycles. The number of para-hydroxylation sites is 1. The van der Waals surface area contributed by atoms with E-state index in [1.807, 2.05) is 0 Å². The highest BCUT2D eigenvalue weighted by molar-refractivity contribution is 5.61. The smallest absolute Gasteiger partial charge is 0.266 e. The van der Waals surface area contributed by atoms with Crippen molar-refractivity contribution in [2.24, 2.45) is 7.05 Å². The highest BCUT2D eigenvalue weighted by atomic mass is 16.1. The molecule has 1 N–H and O–H groups in total. The molecule has 4 rings (SSSR count). The van der Waals surface area contributed by atoms with E-state index in [0.29, 0.717) is 0 Å². The zero-order valence-corrected chi connectivity index (χ0v) is 12.8. The monoisotopic (exact) mass is 296 g/mol. The third-order valence-electron chi connectivity index (χ3n) is 4.64. The van der Waals surface area contributed by atoms with Crippen LogP contribution in [0.5, 0.6) is 0 Å². The summed E-state index contributed by atoms with van der Waals surface area (Å²) in [6, 6.07) is 8.30. The topological polar surface area (TPSA) is 50.2 Å². The Morgan fingerprint density at radius 3 is 3.09 bits per heavy atom. The lowest BCUT2D eigenvalue weighted by atomic mass is 10.0. The number of anilines is 1. The maximum atomic E-state index is 11.8. The van der Waals surface area contributed by atoms with Gasteiger partial charge in [-0.15, -0.1) is 0 Å². The Labute approximate surface area is 129 Å². The fraction of sp³-hybridized carbons (Fsp3) is 0.412. The maximum absolute atomic E-state index is 11.8. The first kappa shape index (κ1) is 13.5. The minimum absolute atomic E-state index is 0.0251. The lowest BCUT2D eigenvalue weighted by Gasteiger charge is -2.28. The van der Waals surface area contributed by atoms with E-state index in [4.69, 9.17) is 0 Å². The largest absolute Gasteiger partial charge is 0.384 e. The van der Waals surface area contributed by atoms with E-state index in [-0.39, 0.29) is 5.56 Å². The van der Waals surface area contributed by atoms with Gasteiger partial charge in [-0.2, -0.15) is 5.10 Å². The summed E-state index contributed by atoms with van der Waals surface area (Å²) in [5.41, 5.74) is 6.21. The number of rotatable bonds is 2. The van der Waals surface area contributed by atoms with Gasteiger partial charge in [-0.1, -0.05) is 18.2 Å². The molecule has 0 saturated carbocycles. The second-order valence-electron chi connectivity index (χ2n) is 6.17. The van der Waals surface area contributed by atoms with E-state index in [2.05, 4.69) is 33.5 Å². The first-order chi connectivity index (χ1) is 10.7. The number of fused-ring (bicyclic) bond motifs is 2. The van der Waals surface area contributed by atoms with Crippen molar-refractivity contribution in [3.05, 3.63) is 57.0 Å². The second-order valence-corrected chi connectivity index (χ2v) is 6.17. The van der Waals surface area contributed by atoms with Crippen LogP contribution in [0.2, 0.25) is 0 Å². The zero-order valence-electron chi connectivity index (χ0n) is 12.8. The summed E-state index contributed by atoms with van der Waals surface area (Å²) in [4.78, 5) is 14.2. The molecule has 1 aromatic carbocycles. The molecule has 114 valence electrons. The summed E-state index contributed by atoms with van der Waals surface area (Å²) in [6.45, 7) is 3.75. The molecular formula is C17H20N4O. The van der Waals surface area contributed by atoms with Crippen LogP contribution >= 0.6 is 0 Å². The minimum Gasteiger partial charge on any atom is -0.384 e. The number of aryl methyl sites for hydroxylation is 1. The van der Waals surface area contributed by atoms with Crippen LogP contribution in [-0.4, -0.2) is 27.8 Å². The Morgan fingerprint density at radius 2 is 2.18 bits per heavy atom. The molecule has 0 unspecified atom stereocenters. The van der Waals surface area contributed by atoms with Crippen LogP contribution < -0.4 is 10.9 Å². The predicted octanol–water partition coefficient (Wildman–Crippen LogP) is 1.31. The normalized spacial score (nSPS) is 17.0. The van der Waals surface area contributed by atoms with Gasteiger partial charge in [0.2, 0.25) is 0 Å². The molecule has 2 aliphatic rings. The second kappa shape index (κ2) is 5.25. The van der Waals surface area contributed by atoms with Crippen LogP contribution in [0.3, 0.4) is 0 Å². The summed E-state index contributed by atoms with van der Waals surface area (Å²) < 4.78 is 1.43. The Hall–Kier alpha value is -2.14. The number of nitrogens with one attached hydrogen (secondary N) is 1.